The van der Waals surface area contributed by atoms with Gasteiger partial charge in [0.05, 0.1) is 11.0 Å². The molecule has 3 heterocycles. The smallest absolute Gasteiger partial charge is 0.219 e. The maximum Gasteiger partial charge on any atom is 0.219 e. The van der Waals surface area contributed by atoms with Crippen LogP contribution in [-0.4, -0.2) is 45.8 Å². The van der Waals surface area contributed by atoms with Crippen LogP contribution in [0.5, 0.6) is 0 Å². The van der Waals surface area contributed by atoms with Gasteiger partial charge < -0.3 is 9.88 Å². The van der Waals surface area contributed by atoms with Gasteiger partial charge in [-0.25, -0.2) is 0 Å². The summed E-state index contributed by atoms with van der Waals surface area (Å²) in [5.41, 5.74) is 5.96. The lowest BCUT2D eigenvalue weighted by Crippen LogP contribution is -2.38. The van der Waals surface area contributed by atoms with Crippen LogP contribution >= 0.6 is 0 Å². The fraction of sp³-hybridized carbons (Fsp3) is 0.391. The van der Waals surface area contributed by atoms with E-state index in [1.54, 1.807) is 6.92 Å². The highest BCUT2D eigenvalue weighted by Crippen LogP contribution is 2.33. The van der Waals surface area contributed by atoms with Gasteiger partial charge in [-0.15, -0.1) is 0 Å². The zero-order chi connectivity index (χ0) is 19.5. The molecule has 0 spiro atoms. The Morgan fingerprint density at radius 3 is 2.82 bits per heavy atom. The Kier molecular flexibility index (Phi) is 5.44. The molecule has 28 heavy (non-hydrogen) atoms. The topological polar surface area (TPSA) is 52.2 Å². The molecule has 146 valence electrons. The van der Waals surface area contributed by atoms with Crippen LogP contribution in [0.25, 0.3) is 11.0 Å². The van der Waals surface area contributed by atoms with Crippen LogP contribution in [0.3, 0.4) is 0 Å². The summed E-state index contributed by atoms with van der Waals surface area (Å²) < 4.78 is 0. The van der Waals surface area contributed by atoms with Crippen LogP contribution in [-0.2, 0) is 17.9 Å². The normalized spacial score (nSPS) is 17.4. The molecule has 0 aliphatic carbocycles. The molecule has 0 saturated carbocycles. The van der Waals surface area contributed by atoms with Gasteiger partial charge in [0.2, 0.25) is 5.91 Å². The van der Waals surface area contributed by atoms with E-state index in [4.69, 9.17) is 0 Å². The molecular weight excluding hydrogens is 348 g/mol. The quantitative estimate of drug-likeness (QED) is 0.734. The molecule has 0 radical (unpaired) electrons. The Morgan fingerprint density at radius 1 is 1.21 bits per heavy atom. The average molecular weight is 377 g/mol. The van der Waals surface area contributed by atoms with Gasteiger partial charge in [-0.1, -0.05) is 30.3 Å². The van der Waals surface area contributed by atoms with Gasteiger partial charge >= 0.3 is 0 Å². The maximum atomic E-state index is 11.9. The number of aromatic nitrogens is 2. The Balaban J connectivity index is 1.62. The van der Waals surface area contributed by atoms with Crippen LogP contribution in [0.4, 0.5) is 0 Å². The van der Waals surface area contributed by atoms with Crippen molar-refractivity contribution >= 4 is 16.9 Å². The molecule has 1 N–H and O–H groups in total. The highest BCUT2D eigenvalue weighted by atomic mass is 16.2. The van der Waals surface area contributed by atoms with Gasteiger partial charge in [-0.05, 0) is 37.6 Å². The van der Waals surface area contributed by atoms with E-state index < -0.39 is 0 Å². The summed E-state index contributed by atoms with van der Waals surface area (Å²) in [5.74, 6) is 0.508. The third kappa shape index (κ3) is 3.94. The van der Waals surface area contributed by atoms with Gasteiger partial charge in [0.15, 0.2) is 0 Å². The molecule has 5 heteroatoms. The van der Waals surface area contributed by atoms with Crippen LogP contribution in [0.1, 0.15) is 42.5 Å². The molecule has 1 aliphatic heterocycles. The van der Waals surface area contributed by atoms with Gasteiger partial charge in [-0.2, -0.15) is 0 Å². The minimum atomic E-state index is 0.168. The van der Waals surface area contributed by atoms with E-state index in [0.29, 0.717) is 5.92 Å². The number of aromatic amines is 1. The van der Waals surface area contributed by atoms with Crippen molar-refractivity contribution in [1.29, 1.82) is 0 Å². The summed E-state index contributed by atoms with van der Waals surface area (Å²) in [5, 5.41) is 0. The van der Waals surface area contributed by atoms with E-state index in [0.717, 1.165) is 50.1 Å². The molecular formula is C23H28N4O. The average Bonchev–Trinajstić information content (AvgIpc) is 3.07. The number of amides is 1. The molecule has 0 bridgehead atoms. The van der Waals surface area contributed by atoms with E-state index in [1.165, 1.54) is 16.8 Å². The number of hydrogen-bond donors (Lipinski definition) is 1. The SMILES string of the molecule is CC(=O)N1CCC[C@H](c2[nH]c3cccnc3c2CN(C)Cc2ccccc2)C1. The Morgan fingerprint density at radius 2 is 2.04 bits per heavy atom. The number of carbonyl (C=O) groups is 1. The number of fused-ring (bicyclic) bond motifs is 1. The first-order valence-electron chi connectivity index (χ1n) is 10.0. The summed E-state index contributed by atoms with van der Waals surface area (Å²) >= 11 is 0. The number of rotatable bonds is 5. The highest BCUT2D eigenvalue weighted by Gasteiger charge is 2.27. The van der Waals surface area contributed by atoms with Gasteiger partial charge in [0.1, 0.15) is 0 Å². The largest absolute Gasteiger partial charge is 0.357 e. The van der Waals surface area contributed by atoms with Crippen molar-refractivity contribution in [2.75, 3.05) is 20.1 Å². The highest BCUT2D eigenvalue weighted by molar-refractivity contribution is 5.80. The summed E-state index contributed by atoms with van der Waals surface area (Å²) in [6.45, 7) is 5.05. The van der Waals surface area contributed by atoms with E-state index in [2.05, 4.69) is 58.3 Å². The van der Waals surface area contributed by atoms with Crippen molar-refractivity contribution in [1.82, 2.24) is 19.8 Å². The number of pyridine rings is 1. The number of hydrogen-bond acceptors (Lipinski definition) is 3. The van der Waals surface area contributed by atoms with Crippen molar-refractivity contribution in [2.45, 2.75) is 38.8 Å². The lowest BCUT2D eigenvalue weighted by molar-refractivity contribution is -0.130. The lowest BCUT2D eigenvalue weighted by Gasteiger charge is -2.32. The van der Waals surface area contributed by atoms with Crippen LogP contribution in [0.15, 0.2) is 48.7 Å². The molecule has 1 saturated heterocycles. The van der Waals surface area contributed by atoms with Gasteiger partial charge in [-0.3, -0.25) is 14.7 Å². The van der Waals surface area contributed by atoms with E-state index in [1.807, 2.05) is 17.2 Å². The fourth-order valence-corrected chi connectivity index (χ4v) is 4.32. The zero-order valence-electron chi connectivity index (χ0n) is 16.7. The molecule has 0 unspecified atom stereocenters. The number of H-pyrrole nitrogens is 1. The second-order valence-electron chi connectivity index (χ2n) is 7.88. The molecule has 1 fully saturated rings. The Hall–Kier alpha value is -2.66. The molecule has 2 aromatic heterocycles. The first kappa shape index (κ1) is 18.7. The summed E-state index contributed by atoms with van der Waals surface area (Å²) in [6.07, 6.45) is 4.02. The zero-order valence-corrected chi connectivity index (χ0v) is 16.7. The van der Waals surface area contributed by atoms with Crippen molar-refractivity contribution < 1.29 is 4.79 Å². The van der Waals surface area contributed by atoms with E-state index in [-0.39, 0.29) is 5.91 Å². The Bertz CT molecular complexity index is 950. The van der Waals surface area contributed by atoms with Crippen LogP contribution < -0.4 is 0 Å². The molecule has 1 aromatic carbocycles. The number of nitrogens with one attached hydrogen (secondary N) is 1. The number of benzene rings is 1. The second-order valence-corrected chi connectivity index (χ2v) is 7.88. The van der Waals surface area contributed by atoms with E-state index in [9.17, 15) is 4.79 Å². The fourth-order valence-electron chi connectivity index (χ4n) is 4.32. The van der Waals surface area contributed by atoms with Crippen LogP contribution in [0, 0.1) is 0 Å². The molecule has 1 amide bonds. The minimum Gasteiger partial charge on any atom is -0.357 e. The minimum absolute atomic E-state index is 0.168. The summed E-state index contributed by atoms with van der Waals surface area (Å²) in [6, 6.07) is 14.6. The molecule has 4 rings (SSSR count). The Labute approximate surface area is 166 Å². The first-order valence-corrected chi connectivity index (χ1v) is 10.0. The van der Waals surface area contributed by atoms with Crippen molar-refractivity contribution in [3.63, 3.8) is 0 Å². The van der Waals surface area contributed by atoms with E-state index >= 15 is 0 Å². The van der Waals surface area contributed by atoms with Crippen molar-refractivity contribution in [3.8, 4) is 0 Å². The third-order valence-electron chi connectivity index (χ3n) is 5.69. The van der Waals surface area contributed by atoms with Crippen LogP contribution in [0.2, 0.25) is 0 Å². The molecule has 5 nitrogen and oxygen atoms in total. The second kappa shape index (κ2) is 8.15. The lowest BCUT2D eigenvalue weighted by atomic mass is 9.92. The van der Waals surface area contributed by atoms with Crippen molar-refractivity contribution in [3.05, 3.63) is 65.5 Å². The summed E-state index contributed by atoms with van der Waals surface area (Å²) in [4.78, 5) is 24.5. The number of piperidine rings is 1. The first-order chi connectivity index (χ1) is 13.6. The molecule has 3 aromatic rings. The van der Waals surface area contributed by atoms with Gasteiger partial charge in [0.25, 0.3) is 0 Å². The standard InChI is InChI=1S/C23H28N4O/c1-17(28)27-13-7-10-19(15-27)22-20(23-21(25-22)11-6-12-24-23)16-26(2)14-18-8-4-3-5-9-18/h3-6,8-9,11-12,19,25H,7,10,13-16H2,1-2H3/t19-/m0/s1. The summed E-state index contributed by atoms with van der Waals surface area (Å²) in [7, 11) is 2.15. The predicted octanol–water partition coefficient (Wildman–Crippen LogP) is 3.92. The van der Waals surface area contributed by atoms with Gasteiger partial charge in [0, 0.05) is 56.5 Å². The monoisotopic (exact) mass is 376 g/mol. The number of nitrogens with zero attached hydrogens (tertiary/aromatic N) is 3. The predicted molar refractivity (Wildman–Crippen MR) is 112 cm³/mol. The number of carbonyl (C=O) groups excluding carboxylic acids is 1. The molecule has 1 aliphatic rings. The third-order valence-corrected chi connectivity index (χ3v) is 5.69. The van der Waals surface area contributed by atoms with Crippen molar-refractivity contribution in [2.24, 2.45) is 0 Å². The molecule has 1 atom stereocenters. The maximum absolute atomic E-state index is 11.9. The number of likely N-dealkylation sites (tertiary alicyclic amines) is 1.